The molecule has 0 aliphatic carbocycles. The van der Waals surface area contributed by atoms with Crippen molar-refractivity contribution in [1.29, 1.82) is 0 Å². The van der Waals surface area contributed by atoms with Crippen molar-refractivity contribution in [3.63, 3.8) is 0 Å². The minimum Gasteiger partial charge on any atom is -0.459 e. The Kier molecular flexibility index (Phi) is 5.59. The molecule has 0 unspecified atom stereocenters. The van der Waals surface area contributed by atoms with Crippen LogP contribution >= 0.6 is 15.9 Å². The summed E-state index contributed by atoms with van der Waals surface area (Å²) in [6, 6.07) is 9.72. The van der Waals surface area contributed by atoms with Gasteiger partial charge in [-0.15, -0.1) is 10.2 Å². The molecule has 8 heteroatoms. The highest BCUT2D eigenvalue weighted by atomic mass is 79.9. The second-order valence-electron chi connectivity index (χ2n) is 6.96. The summed E-state index contributed by atoms with van der Waals surface area (Å²) < 4.78 is 12.1. The Morgan fingerprint density at radius 2 is 1.96 bits per heavy atom. The molecule has 28 heavy (non-hydrogen) atoms. The van der Waals surface area contributed by atoms with Crippen molar-refractivity contribution in [2.75, 3.05) is 13.1 Å². The van der Waals surface area contributed by atoms with Gasteiger partial charge in [-0.25, -0.2) is 0 Å². The lowest BCUT2D eigenvalue weighted by atomic mass is 10.0. The highest BCUT2D eigenvalue weighted by molar-refractivity contribution is 9.10. The van der Waals surface area contributed by atoms with Crippen LogP contribution in [0.25, 0.3) is 11.5 Å². The number of carbonyl (C=O) groups is 1. The van der Waals surface area contributed by atoms with Gasteiger partial charge in [-0.05, 0) is 50.1 Å². The van der Waals surface area contributed by atoms with E-state index in [1.54, 1.807) is 12.3 Å². The van der Waals surface area contributed by atoms with Crippen LogP contribution in [-0.4, -0.2) is 40.1 Å². The van der Waals surface area contributed by atoms with E-state index in [0.717, 1.165) is 41.5 Å². The number of piperidine rings is 1. The van der Waals surface area contributed by atoms with E-state index in [9.17, 15) is 4.79 Å². The number of benzene rings is 1. The maximum Gasteiger partial charge on any atom is 0.287 e. The molecule has 0 atom stereocenters. The normalized spacial score (nSPS) is 15.6. The smallest absolute Gasteiger partial charge is 0.287 e. The van der Waals surface area contributed by atoms with Gasteiger partial charge in [0.05, 0.1) is 12.8 Å². The molecule has 1 aliphatic heterocycles. The molecular weight excluding hydrogens is 424 g/mol. The number of aromatic nitrogens is 2. The van der Waals surface area contributed by atoms with E-state index in [-0.39, 0.29) is 11.9 Å². The number of nitrogens with zero attached hydrogens (tertiary/aromatic N) is 3. The minimum atomic E-state index is -0.142. The molecular formula is C20H21BrN4O3. The van der Waals surface area contributed by atoms with Crippen LogP contribution < -0.4 is 5.32 Å². The lowest BCUT2D eigenvalue weighted by molar-refractivity contribution is 0.0877. The minimum absolute atomic E-state index is 0.142. The number of rotatable bonds is 5. The van der Waals surface area contributed by atoms with Crippen molar-refractivity contribution in [2.45, 2.75) is 32.4 Å². The van der Waals surface area contributed by atoms with Gasteiger partial charge in [0.2, 0.25) is 11.8 Å². The van der Waals surface area contributed by atoms with Gasteiger partial charge in [0.15, 0.2) is 5.76 Å². The first-order chi connectivity index (χ1) is 13.6. The molecule has 1 saturated heterocycles. The summed E-state index contributed by atoms with van der Waals surface area (Å²) in [7, 11) is 0. The lowest BCUT2D eigenvalue weighted by Gasteiger charge is -2.31. The number of amides is 1. The zero-order valence-corrected chi connectivity index (χ0v) is 17.1. The molecule has 3 aromatic rings. The molecule has 1 fully saturated rings. The number of likely N-dealkylation sites (tertiary alicyclic amines) is 1. The number of aryl methyl sites for hydroxylation is 1. The summed E-state index contributed by atoms with van der Waals surface area (Å²) >= 11 is 3.42. The third-order valence-electron chi connectivity index (χ3n) is 4.91. The first kappa shape index (κ1) is 18.9. The molecule has 3 heterocycles. The molecule has 1 amide bonds. The van der Waals surface area contributed by atoms with Crippen LogP contribution in [0, 0.1) is 6.92 Å². The van der Waals surface area contributed by atoms with Gasteiger partial charge in [0.25, 0.3) is 5.91 Å². The fourth-order valence-electron chi connectivity index (χ4n) is 3.31. The topological polar surface area (TPSA) is 84.4 Å². The zero-order valence-electron chi connectivity index (χ0n) is 15.5. The summed E-state index contributed by atoms with van der Waals surface area (Å²) in [5.41, 5.74) is 1.75. The Labute approximate surface area is 171 Å². The third-order valence-corrected chi connectivity index (χ3v) is 5.44. The Bertz CT molecular complexity index is 943. The number of hydrogen-bond acceptors (Lipinski definition) is 6. The van der Waals surface area contributed by atoms with E-state index in [1.165, 1.54) is 0 Å². The average molecular weight is 445 g/mol. The first-order valence-corrected chi connectivity index (χ1v) is 10.0. The molecule has 1 N–H and O–H groups in total. The van der Waals surface area contributed by atoms with Gasteiger partial charge in [-0.1, -0.05) is 15.9 Å². The highest BCUT2D eigenvalue weighted by Gasteiger charge is 2.24. The van der Waals surface area contributed by atoms with Gasteiger partial charge >= 0.3 is 0 Å². The molecule has 0 radical (unpaired) electrons. The fraction of sp³-hybridized carbons (Fsp3) is 0.350. The Morgan fingerprint density at radius 1 is 1.21 bits per heavy atom. The van der Waals surface area contributed by atoms with Gasteiger partial charge in [0, 0.05) is 34.7 Å². The Morgan fingerprint density at radius 3 is 2.64 bits per heavy atom. The summed E-state index contributed by atoms with van der Waals surface area (Å²) in [5.74, 6) is 1.39. The molecule has 146 valence electrons. The van der Waals surface area contributed by atoms with Crippen molar-refractivity contribution in [1.82, 2.24) is 20.4 Å². The van der Waals surface area contributed by atoms with E-state index in [0.29, 0.717) is 24.1 Å². The number of nitrogens with one attached hydrogen (secondary N) is 1. The number of halogens is 1. The summed E-state index contributed by atoms with van der Waals surface area (Å²) in [6.07, 6.45) is 3.29. The van der Waals surface area contributed by atoms with E-state index >= 15 is 0 Å². The molecule has 1 aromatic carbocycles. The van der Waals surface area contributed by atoms with Gasteiger partial charge in [-0.2, -0.15) is 0 Å². The highest BCUT2D eigenvalue weighted by Crippen LogP contribution is 2.22. The van der Waals surface area contributed by atoms with E-state index in [1.807, 2.05) is 31.2 Å². The largest absolute Gasteiger partial charge is 0.459 e. The van der Waals surface area contributed by atoms with E-state index < -0.39 is 0 Å². The fourth-order valence-corrected chi connectivity index (χ4v) is 3.57. The van der Waals surface area contributed by atoms with Crippen molar-refractivity contribution < 1.29 is 13.6 Å². The van der Waals surface area contributed by atoms with Crippen molar-refractivity contribution in [2.24, 2.45) is 0 Å². The van der Waals surface area contributed by atoms with Crippen LogP contribution in [-0.2, 0) is 6.54 Å². The van der Waals surface area contributed by atoms with Crippen LogP contribution in [0.3, 0.4) is 0 Å². The predicted octanol–water partition coefficient (Wildman–Crippen LogP) is 3.79. The lowest BCUT2D eigenvalue weighted by Crippen LogP contribution is -2.44. The van der Waals surface area contributed by atoms with Crippen LogP contribution in [0.4, 0.5) is 0 Å². The Balaban J connectivity index is 1.28. The van der Waals surface area contributed by atoms with Crippen LogP contribution in [0.1, 0.15) is 34.9 Å². The van der Waals surface area contributed by atoms with Crippen LogP contribution in [0.2, 0.25) is 0 Å². The average Bonchev–Trinajstić information content (AvgIpc) is 3.33. The quantitative estimate of drug-likeness (QED) is 0.644. The molecule has 2 aromatic heterocycles. The van der Waals surface area contributed by atoms with Crippen molar-refractivity contribution in [3.8, 4) is 11.5 Å². The van der Waals surface area contributed by atoms with Gasteiger partial charge in [0.1, 0.15) is 0 Å². The predicted molar refractivity (Wildman–Crippen MR) is 107 cm³/mol. The Hall–Kier alpha value is -2.45. The number of carbonyl (C=O) groups excluding carboxylic acids is 1. The van der Waals surface area contributed by atoms with Crippen LogP contribution in [0.15, 0.2) is 49.9 Å². The zero-order chi connectivity index (χ0) is 19.5. The van der Waals surface area contributed by atoms with Crippen molar-refractivity contribution in [3.05, 3.63) is 58.3 Å². The summed E-state index contributed by atoms with van der Waals surface area (Å²) in [5, 5.41) is 11.4. The number of furan rings is 1. The second kappa shape index (κ2) is 8.28. The standard InChI is InChI=1S/C20H21BrN4O3/c1-13-8-11-27-18(13)19(26)22-16-6-9-25(10-7-16)12-17-23-24-20(28-17)14-2-4-15(21)5-3-14/h2-5,8,11,16H,6-7,9-10,12H2,1H3,(H,22,26). The van der Waals surface area contributed by atoms with Crippen molar-refractivity contribution >= 4 is 21.8 Å². The van der Waals surface area contributed by atoms with Crippen LogP contribution in [0.5, 0.6) is 0 Å². The number of hydrogen-bond donors (Lipinski definition) is 1. The monoisotopic (exact) mass is 444 g/mol. The molecule has 1 aliphatic rings. The van der Waals surface area contributed by atoms with E-state index in [4.69, 9.17) is 8.83 Å². The molecule has 0 spiro atoms. The summed E-state index contributed by atoms with van der Waals surface area (Å²) in [4.78, 5) is 14.5. The summed E-state index contributed by atoms with van der Waals surface area (Å²) in [6.45, 7) is 4.20. The van der Waals surface area contributed by atoms with Gasteiger partial charge in [-0.3, -0.25) is 9.69 Å². The van der Waals surface area contributed by atoms with Gasteiger partial charge < -0.3 is 14.2 Å². The third kappa shape index (κ3) is 4.34. The first-order valence-electron chi connectivity index (χ1n) is 9.24. The van der Waals surface area contributed by atoms with E-state index in [2.05, 4.69) is 36.3 Å². The molecule has 4 rings (SSSR count). The maximum atomic E-state index is 12.3. The maximum absolute atomic E-state index is 12.3. The molecule has 7 nitrogen and oxygen atoms in total. The SMILES string of the molecule is Cc1ccoc1C(=O)NC1CCN(Cc2nnc(-c3ccc(Br)cc3)o2)CC1. The molecule has 0 saturated carbocycles. The second-order valence-corrected chi connectivity index (χ2v) is 7.88. The molecule has 0 bridgehead atoms.